The lowest BCUT2D eigenvalue weighted by atomic mass is 10.2. The number of carbonyl (C=O) groups excluding carboxylic acids is 1. The van der Waals surface area contributed by atoms with Gasteiger partial charge >= 0.3 is 12.0 Å². The molecule has 0 aliphatic carbocycles. The summed E-state index contributed by atoms with van der Waals surface area (Å²) in [6.45, 7) is 0.404. The van der Waals surface area contributed by atoms with Crippen LogP contribution < -0.4 is 5.32 Å². The standard InChI is InChI=1S/C13H12BrN3O3/c14-9-3-4-10(8(6-9)7-15)16-13(20)17-5-1-2-11(17)12(18)19/h3-4,6,11H,1-2,5H2,(H,16,20)(H,18,19)/t11-/m1/s1. The number of carboxylic acid groups (broad SMARTS) is 1. The fourth-order valence-electron chi connectivity index (χ4n) is 2.17. The summed E-state index contributed by atoms with van der Waals surface area (Å²) in [7, 11) is 0. The Kier molecular flexibility index (Phi) is 4.25. The lowest BCUT2D eigenvalue weighted by Gasteiger charge is -2.22. The van der Waals surface area contributed by atoms with Crippen molar-refractivity contribution in [1.82, 2.24) is 4.90 Å². The van der Waals surface area contributed by atoms with E-state index < -0.39 is 18.0 Å². The van der Waals surface area contributed by atoms with Crippen molar-refractivity contribution in [2.24, 2.45) is 0 Å². The molecule has 1 aromatic carbocycles. The SMILES string of the molecule is N#Cc1cc(Br)ccc1NC(=O)N1CCC[C@@H]1C(=O)O. The predicted octanol–water partition coefficient (Wildman–Crippen LogP) is 2.40. The summed E-state index contributed by atoms with van der Waals surface area (Å²) in [6.07, 6.45) is 1.12. The molecule has 0 radical (unpaired) electrons. The summed E-state index contributed by atoms with van der Waals surface area (Å²) in [6, 6.07) is 5.60. The molecule has 0 saturated carbocycles. The number of rotatable bonds is 2. The molecule has 0 aromatic heterocycles. The van der Waals surface area contributed by atoms with E-state index in [9.17, 15) is 9.59 Å². The highest BCUT2D eigenvalue weighted by molar-refractivity contribution is 9.10. The predicted molar refractivity (Wildman–Crippen MR) is 75.2 cm³/mol. The number of benzene rings is 1. The smallest absolute Gasteiger partial charge is 0.326 e. The Morgan fingerprint density at radius 1 is 1.50 bits per heavy atom. The first-order valence-corrected chi connectivity index (χ1v) is 6.82. The van der Waals surface area contributed by atoms with Crippen LogP contribution >= 0.6 is 15.9 Å². The van der Waals surface area contributed by atoms with Gasteiger partial charge in [-0.1, -0.05) is 15.9 Å². The average molecular weight is 338 g/mol. The minimum atomic E-state index is -1.01. The van der Waals surface area contributed by atoms with Gasteiger partial charge in [0.25, 0.3) is 0 Å². The van der Waals surface area contributed by atoms with E-state index >= 15 is 0 Å². The molecule has 1 aromatic rings. The molecule has 104 valence electrons. The van der Waals surface area contributed by atoms with Gasteiger partial charge < -0.3 is 15.3 Å². The van der Waals surface area contributed by atoms with Crippen molar-refractivity contribution in [2.45, 2.75) is 18.9 Å². The van der Waals surface area contributed by atoms with Gasteiger partial charge in [0, 0.05) is 11.0 Å². The van der Waals surface area contributed by atoms with Crippen LogP contribution in [0.5, 0.6) is 0 Å². The molecule has 7 heteroatoms. The minimum absolute atomic E-state index is 0.318. The number of hydrogen-bond acceptors (Lipinski definition) is 3. The molecule has 0 unspecified atom stereocenters. The van der Waals surface area contributed by atoms with Gasteiger partial charge in [-0.05, 0) is 31.0 Å². The molecular formula is C13H12BrN3O3. The number of aliphatic carboxylic acids is 1. The highest BCUT2D eigenvalue weighted by Crippen LogP contribution is 2.23. The molecule has 6 nitrogen and oxygen atoms in total. The van der Waals surface area contributed by atoms with Gasteiger partial charge in [-0.25, -0.2) is 9.59 Å². The fourth-order valence-corrected chi connectivity index (χ4v) is 2.53. The number of hydrogen-bond donors (Lipinski definition) is 2. The summed E-state index contributed by atoms with van der Waals surface area (Å²) < 4.78 is 0.733. The van der Waals surface area contributed by atoms with Crippen molar-refractivity contribution >= 4 is 33.6 Å². The Labute approximate surface area is 124 Å². The Balaban J connectivity index is 2.16. The van der Waals surface area contributed by atoms with E-state index in [2.05, 4.69) is 21.2 Å². The Morgan fingerprint density at radius 3 is 2.90 bits per heavy atom. The molecule has 1 heterocycles. The number of anilines is 1. The Morgan fingerprint density at radius 2 is 2.25 bits per heavy atom. The van der Waals surface area contributed by atoms with E-state index in [0.717, 1.165) is 4.47 Å². The Hall–Kier alpha value is -2.07. The largest absolute Gasteiger partial charge is 0.480 e. The molecule has 2 N–H and O–H groups in total. The van der Waals surface area contributed by atoms with E-state index in [-0.39, 0.29) is 0 Å². The van der Waals surface area contributed by atoms with Gasteiger partial charge in [0.05, 0.1) is 11.3 Å². The van der Waals surface area contributed by atoms with Crippen LogP contribution in [-0.4, -0.2) is 34.6 Å². The van der Waals surface area contributed by atoms with Gasteiger partial charge in [0.15, 0.2) is 0 Å². The van der Waals surface area contributed by atoms with E-state index in [1.807, 2.05) is 6.07 Å². The molecular weight excluding hydrogens is 326 g/mol. The number of nitrogens with one attached hydrogen (secondary N) is 1. The molecule has 2 rings (SSSR count). The summed E-state index contributed by atoms with van der Waals surface area (Å²) in [5.41, 5.74) is 0.690. The second kappa shape index (κ2) is 5.92. The fraction of sp³-hybridized carbons (Fsp3) is 0.308. The number of urea groups is 1. The molecule has 0 spiro atoms. The van der Waals surface area contributed by atoms with Gasteiger partial charge in [-0.3, -0.25) is 0 Å². The third-order valence-corrected chi connectivity index (χ3v) is 3.64. The van der Waals surface area contributed by atoms with E-state index in [1.54, 1.807) is 18.2 Å². The van der Waals surface area contributed by atoms with Gasteiger partial charge in [-0.2, -0.15) is 5.26 Å². The summed E-state index contributed by atoms with van der Waals surface area (Å²) in [5.74, 6) is -1.01. The number of nitrogens with zero attached hydrogens (tertiary/aromatic N) is 2. The van der Waals surface area contributed by atoms with Crippen molar-refractivity contribution < 1.29 is 14.7 Å². The number of carbonyl (C=O) groups is 2. The maximum Gasteiger partial charge on any atom is 0.326 e. The van der Waals surface area contributed by atoms with E-state index in [1.165, 1.54) is 4.90 Å². The molecule has 1 atom stereocenters. The quantitative estimate of drug-likeness (QED) is 0.866. The van der Waals surface area contributed by atoms with E-state index in [4.69, 9.17) is 10.4 Å². The number of carboxylic acids is 1. The molecule has 1 aliphatic heterocycles. The van der Waals surface area contributed by atoms with Crippen LogP contribution in [0.25, 0.3) is 0 Å². The normalized spacial score (nSPS) is 17.6. The van der Waals surface area contributed by atoms with Crippen molar-refractivity contribution in [1.29, 1.82) is 5.26 Å². The lowest BCUT2D eigenvalue weighted by Crippen LogP contribution is -2.42. The second-order valence-corrected chi connectivity index (χ2v) is 5.34. The number of amides is 2. The topological polar surface area (TPSA) is 93.4 Å². The van der Waals surface area contributed by atoms with Gasteiger partial charge in [0.1, 0.15) is 12.1 Å². The van der Waals surface area contributed by atoms with Crippen molar-refractivity contribution in [3.8, 4) is 6.07 Å². The summed E-state index contributed by atoms with van der Waals surface area (Å²) in [5, 5.41) is 20.7. The average Bonchev–Trinajstić information content (AvgIpc) is 2.90. The van der Waals surface area contributed by atoms with Crippen LogP contribution in [0.3, 0.4) is 0 Å². The lowest BCUT2D eigenvalue weighted by molar-refractivity contribution is -0.141. The number of nitriles is 1. The van der Waals surface area contributed by atoms with Gasteiger partial charge in [-0.15, -0.1) is 0 Å². The molecule has 20 heavy (non-hydrogen) atoms. The van der Waals surface area contributed by atoms with Gasteiger partial charge in [0.2, 0.25) is 0 Å². The van der Waals surface area contributed by atoms with Crippen LogP contribution in [-0.2, 0) is 4.79 Å². The summed E-state index contributed by atoms with van der Waals surface area (Å²) >= 11 is 3.25. The zero-order chi connectivity index (χ0) is 14.7. The maximum absolute atomic E-state index is 12.1. The van der Waals surface area contributed by atoms with Crippen LogP contribution in [0.2, 0.25) is 0 Å². The molecule has 1 saturated heterocycles. The van der Waals surface area contributed by atoms with Crippen LogP contribution in [0.1, 0.15) is 18.4 Å². The van der Waals surface area contributed by atoms with Crippen molar-refractivity contribution in [3.63, 3.8) is 0 Å². The molecule has 0 bridgehead atoms. The van der Waals surface area contributed by atoms with E-state index in [0.29, 0.717) is 30.6 Å². The number of likely N-dealkylation sites (tertiary alicyclic amines) is 1. The monoisotopic (exact) mass is 337 g/mol. The summed E-state index contributed by atoms with van der Waals surface area (Å²) in [4.78, 5) is 24.5. The highest BCUT2D eigenvalue weighted by atomic mass is 79.9. The zero-order valence-corrected chi connectivity index (χ0v) is 12.1. The van der Waals surface area contributed by atoms with Crippen LogP contribution in [0, 0.1) is 11.3 Å². The maximum atomic E-state index is 12.1. The molecule has 1 fully saturated rings. The third kappa shape index (κ3) is 2.91. The van der Waals surface area contributed by atoms with Crippen LogP contribution in [0.15, 0.2) is 22.7 Å². The number of halogens is 1. The van der Waals surface area contributed by atoms with Crippen molar-refractivity contribution in [2.75, 3.05) is 11.9 Å². The van der Waals surface area contributed by atoms with Crippen LogP contribution in [0.4, 0.5) is 10.5 Å². The molecule has 1 aliphatic rings. The highest BCUT2D eigenvalue weighted by Gasteiger charge is 2.34. The minimum Gasteiger partial charge on any atom is -0.480 e. The first-order chi connectivity index (χ1) is 9.52. The first kappa shape index (κ1) is 14.3. The first-order valence-electron chi connectivity index (χ1n) is 6.03. The van der Waals surface area contributed by atoms with Crippen molar-refractivity contribution in [3.05, 3.63) is 28.2 Å². The third-order valence-electron chi connectivity index (χ3n) is 3.14. The Bertz CT molecular complexity index is 597. The second-order valence-electron chi connectivity index (χ2n) is 4.42. The zero-order valence-electron chi connectivity index (χ0n) is 10.5. The molecule has 2 amide bonds.